The van der Waals surface area contributed by atoms with Crippen LogP contribution in [0.4, 0.5) is 0 Å². The summed E-state index contributed by atoms with van der Waals surface area (Å²) in [7, 11) is 0. The van der Waals surface area contributed by atoms with Crippen LogP contribution in [0.5, 0.6) is 0 Å². The molecular formula is C12H18N2S2. The van der Waals surface area contributed by atoms with E-state index in [0.717, 1.165) is 18.0 Å². The van der Waals surface area contributed by atoms with Crippen molar-refractivity contribution in [1.29, 1.82) is 5.26 Å². The summed E-state index contributed by atoms with van der Waals surface area (Å²) in [6, 6.07) is 6.08. The molecule has 1 rings (SSSR count). The highest BCUT2D eigenvalue weighted by Crippen LogP contribution is 2.14. The highest BCUT2D eigenvalue weighted by atomic mass is 32.2. The molecule has 0 aromatic carbocycles. The lowest BCUT2D eigenvalue weighted by Crippen LogP contribution is -2.13. The zero-order chi connectivity index (χ0) is 11.6. The molecule has 1 aromatic heterocycles. The Morgan fingerprint density at radius 1 is 1.38 bits per heavy atom. The third kappa shape index (κ3) is 5.55. The minimum atomic E-state index is 0.803. The fourth-order valence-electron chi connectivity index (χ4n) is 1.42. The van der Waals surface area contributed by atoms with Gasteiger partial charge in [0.15, 0.2) is 0 Å². The Kier molecular flexibility index (Phi) is 7.32. The SMILES string of the molecule is CSCCCCCNCc1ccc(C#N)s1. The molecule has 0 aliphatic heterocycles. The van der Waals surface area contributed by atoms with Crippen LogP contribution in [0.25, 0.3) is 0 Å². The average Bonchev–Trinajstić information content (AvgIpc) is 2.76. The Morgan fingerprint density at radius 2 is 2.25 bits per heavy atom. The number of unbranched alkanes of at least 4 members (excludes halogenated alkanes) is 2. The van der Waals surface area contributed by atoms with Crippen molar-refractivity contribution in [2.45, 2.75) is 25.8 Å². The van der Waals surface area contributed by atoms with Gasteiger partial charge in [0.2, 0.25) is 0 Å². The second kappa shape index (κ2) is 8.63. The Balaban J connectivity index is 2.01. The molecule has 0 unspecified atom stereocenters. The van der Waals surface area contributed by atoms with Gasteiger partial charge in [-0.25, -0.2) is 0 Å². The van der Waals surface area contributed by atoms with Crippen LogP contribution in [0, 0.1) is 11.3 Å². The third-order valence-electron chi connectivity index (χ3n) is 2.27. The molecule has 0 atom stereocenters. The lowest BCUT2D eigenvalue weighted by Gasteiger charge is -2.02. The maximum atomic E-state index is 8.68. The smallest absolute Gasteiger partial charge is 0.110 e. The summed E-state index contributed by atoms with van der Waals surface area (Å²) >= 11 is 3.50. The first-order valence-corrected chi connectivity index (χ1v) is 7.76. The van der Waals surface area contributed by atoms with E-state index in [9.17, 15) is 0 Å². The van der Waals surface area contributed by atoms with Crippen LogP contribution in [0.15, 0.2) is 12.1 Å². The first-order chi connectivity index (χ1) is 7.86. The van der Waals surface area contributed by atoms with Crippen molar-refractivity contribution in [3.8, 4) is 6.07 Å². The Morgan fingerprint density at radius 3 is 2.94 bits per heavy atom. The van der Waals surface area contributed by atoms with E-state index in [-0.39, 0.29) is 0 Å². The summed E-state index contributed by atoms with van der Waals surface area (Å²) in [4.78, 5) is 2.05. The van der Waals surface area contributed by atoms with Gasteiger partial charge in [-0.2, -0.15) is 17.0 Å². The van der Waals surface area contributed by atoms with Crippen LogP contribution in [0.2, 0.25) is 0 Å². The molecule has 16 heavy (non-hydrogen) atoms. The van der Waals surface area contributed by atoms with Crippen LogP contribution in [-0.2, 0) is 6.54 Å². The molecule has 0 aliphatic carbocycles. The third-order valence-corrected chi connectivity index (χ3v) is 3.96. The number of nitrogens with one attached hydrogen (secondary N) is 1. The Hall–Kier alpha value is -0.500. The highest BCUT2D eigenvalue weighted by molar-refractivity contribution is 7.98. The molecule has 1 heterocycles. The Labute approximate surface area is 106 Å². The van der Waals surface area contributed by atoms with E-state index in [1.807, 2.05) is 23.9 Å². The molecule has 0 saturated carbocycles. The van der Waals surface area contributed by atoms with Crippen molar-refractivity contribution in [3.63, 3.8) is 0 Å². The molecule has 0 fully saturated rings. The molecule has 4 heteroatoms. The van der Waals surface area contributed by atoms with Gasteiger partial charge in [-0.3, -0.25) is 0 Å². The molecular weight excluding hydrogens is 236 g/mol. The minimum absolute atomic E-state index is 0.803. The molecule has 2 nitrogen and oxygen atoms in total. The van der Waals surface area contributed by atoms with Gasteiger partial charge in [-0.05, 0) is 43.5 Å². The van der Waals surface area contributed by atoms with Crippen LogP contribution in [-0.4, -0.2) is 18.6 Å². The number of thiophene rings is 1. The van der Waals surface area contributed by atoms with E-state index in [1.165, 1.54) is 29.9 Å². The van der Waals surface area contributed by atoms with Crippen molar-refractivity contribution >= 4 is 23.1 Å². The lowest BCUT2D eigenvalue weighted by molar-refractivity contribution is 0.622. The zero-order valence-corrected chi connectivity index (χ0v) is 11.3. The quantitative estimate of drug-likeness (QED) is 0.723. The molecule has 0 amide bonds. The molecule has 0 bridgehead atoms. The summed E-state index contributed by atoms with van der Waals surface area (Å²) in [5.74, 6) is 1.27. The van der Waals surface area contributed by atoms with Crippen molar-refractivity contribution in [2.75, 3.05) is 18.6 Å². The summed E-state index contributed by atoms with van der Waals surface area (Å²) < 4.78 is 0. The molecule has 0 aliphatic rings. The van der Waals surface area contributed by atoms with Crippen molar-refractivity contribution in [2.24, 2.45) is 0 Å². The number of nitrogens with zero attached hydrogens (tertiary/aromatic N) is 1. The van der Waals surface area contributed by atoms with Gasteiger partial charge < -0.3 is 5.32 Å². The van der Waals surface area contributed by atoms with Crippen LogP contribution in [0.3, 0.4) is 0 Å². The average molecular weight is 254 g/mol. The fraction of sp³-hybridized carbons (Fsp3) is 0.583. The van der Waals surface area contributed by atoms with Crippen LogP contribution < -0.4 is 5.32 Å². The molecule has 88 valence electrons. The van der Waals surface area contributed by atoms with Crippen LogP contribution in [0.1, 0.15) is 29.0 Å². The number of rotatable bonds is 8. The predicted octanol–water partition coefficient (Wildman–Crippen LogP) is 3.24. The highest BCUT2D eigenvalue weighted by Gasteiger charge is 1.98. The van der Waals surface area contributed by atoms with E-state index in [1.54, 1.807) is 11.3 Å². The summed E-state index contributed by atoms with van der Waals surface area (Å²) in [5, 5.41) is 12.1. The fourth-order valence-corrected chi connectivity index (χ4v) is 2.69. The lowest BCUT2D eigenvalue weighted by atomic mass is 10.2. The maximum absolute atomic E-state index is 8.68. The van der Waals surface area contributed by atoms with Crippen LogP contribution >= 0.6 is 23.1 Å². The molecule has 0 saturated heterocycles. The topological polar surface area (TPSA) is 35.8 Å². The van der Waals surface area contributed by atoms with Gasteiger partial charge in [0.1, 0.15) is 10.9 Å². The van der Waals surface area contributed by atoms with E-state index in [0.29, 0.717) is 0 Å². The largest absolute Gasteiger partial charge is 0.312 e. The minimum Gasteiger partial charge on any atom is -0.312 e. The second-order valence-electron chi connectivity index (χ2n) is 3.61. The van der Waals surface area contributed by atoms with Crippen molar-refractivity contribution < 1.29 is 0 Å². The number of thioether (sulfide) groups is 1. The number of nitriles is 1. The summed E-state index contributed by atoms with van der Waals surface area (Å²) in [6.45, 7) is 1.98. The molecule has 1 N–H and O–H groups in total. The number of hydrogen-bond donors (Lipinski definition) is 1. The first kappa shape index (κ1) is 13.6. The number of hydrogen-bond acceptors (Lipinski definition) is 4. The predicted molar refractivity (Wildman–Crippen MR) is 73.0 cm³/mol. The Bertz CT molecular complexity index is 328. The van der Waals surface area contributed by atoms with E-state index in [2.05, 4.69) is 17.6 Å². The first-order valence-electron chi connectivity index (χ1n) is 5.55. The van der Waals surface area contributed by atoms with Gasteiger partial charge in [0, 0.05) is 11.4 Å². The van der Waals surface area contributed by atoms with Gasteiger partial charge in [0.05, 0.1) is 0 Å². The molecule has 0 radical (unpaired) electrons. The normalized spacial score (nSPS) is 10.2. The standard InChI is InChI=1S/C12H18N2S2/c1-15-8-4-2-3-7-14-10-12-6-5-11(9-13)16-12/h5-6,14H,2-4,7-8,10H2,1H3. The van der Waals surface area contributed by atoms with Gasteiger partial charge in [-0.15, -0.1) is 11.3 Å². The van der Waals surface area contributed by atoms with E-state index >= 15 is 0 Å². The van der Waals surface area contributed by atoms with Gasteiger partial charge >= 0.3 is 0 Å². The van der Waals surface area contributed by atoms with E-state index < -0.39 is 0 Å². The van der Waals surface area contributed by atoms with Gasteiger partial charge in [-0.1, -0.05) is 6.42 Å². The zero-order valence-electron chi connectivity index (χ0n) is 9.66. The van der Waals surface area contributed by atoms with Gasteiger partial charge in [0.25, 0.3) is 0 Å². The summed E-state index contributed by atoms with van der Waals surface area (Å²) in [5.41, 5.74) is 0. The van der Waals surface area contributed by atoms with Crippen molar-refractivity contribution in [3.05, 3.63) is 21.9 Å². The summed E-state index contributed by atoms with van der Waals surface area (Å²) in [6.07, 6.45) is 6.03. The molecule has 0 spiro atoms. The molecule has 1 aromatic rings. The van der Waals surface area contributed by atoms with Crippen molar-refractivity contribution in [1.82, 2.24) is 5.32 Å². The van der Waals surface area contributed by atoms with E-state index in [4.69, 9.17) is 5.26 Å². The maximum Gasteiger partial charge on any atom is 0.110 e. The monoisotopic (exact) mass is 254 g/mol. The second-order valence-corrected chi connectivity index (χ2v) is 5.76.